The van der Waals surface area contributed by atoms with E-state index in [0.29, 0.717) is 16.6 Å². The summed E-state index contributed by atoms with van der Waals surface area (Å²) < 4.78 is 5.30. The van der Waals surface area contributed by atoms with Crippen LogP contribution in [0.5, 0.6) is 5.75 Å². The Bertz CT molecular complexity index is 1380. The molecule has 33 heavy (non-hydrogen) atoms. The highest BCUT2D eigenvalue weighted by molar-refractivity contribution is 6.43. The lowest BCUT2D eigenvalue weighted by Crippen LogP contribution is -2.17. The van der Waals surface area contributed by atoms with E-state index in [1.165, 1.54) is 19.5 Å². The molecule has 8 nitrogen and oxygen atoms in total. The molecule has 0 radical (unpaired) electrons. The molecule has 0 aliphatic rings. The van der Waals surface area contributed by atoms with Crippen molar-refractivity contribution in [3.05, 3.63) is 82.1 Å². The molecule has 1 heterocycles. The summed E-state index contributed by atoms with van der Waals surface area (Å²) >= 11 is 12.9. The number of halogens is 2. The topological polar surface area (TPSA) is 119 Å². The molecule has 4 rings (SSSR count). The van der Waals surface area contributed by atoms with E-state index in [1.54, 1.807) is 42.5 Å². The van der Waals surface area contributed by atoms with Crippen LogP contribution in [0.1, 0.15) is 20.7 Å². The van der Waals surface area contributed by atoms with E-state index in [-0.39, 0.29) is 38.4 Å². The number of hydrogen-bond acceptors (Lipinski definition) is 6. The highest BCUT2D eigenvalue weighted by Crippen LogP contribution is 2.41. The Kier molecular flexibility index (Phi) is 6.30. The second kappa shape index (κ2) is 9.32. The van der Waals surface area contributed by atoms with E-state index in [1.807, 2.05) is 6.07 Å². The Morgan fingerprint density at radius 1 is 0.909 bits per heavy atom. The first kappa shape index (κ1) is 22.3. The van der Waals surface area contributed by atoms with Gasteiger partial charge in [-0.3, -0.25) is 9.59 Å². The third-order valence-electron chi connectivity index (χ3n) is 4.84. The number of nitrogens with two attached hydrogens (primary N) is 1. The van der Waals surface area contributed by atoms with Crippen molar-refractivity contribution in [2.45, 2.75) is 0 Å². The summed E-state index contributed by atoms with van der Waals surface area (Å²) in [7, 11) is 1.39. The van der Waals surface area contributed by atoms with E-state index in [9.17, 15) is 9.59 Å². The lowest BCUT2D eigenvalue weighted by molar-refractivity contribution is 0.101. The zero-order chi connectivity index (χ0) is 23.5. The van der Waals surface area contributed by atoms with Crippen LogP contribution in [0.4, 0.5) is 17.2 Å². The molecule has 4 N–H and O–H groups in total. The minimum Gasteiger partial charge on any atom is -0.495 e. The van der Waals surface area contributed by atoms with Gasteiger partial charge in [0.15, 0.2) is 0 Å². The standard InChI is InChI=1S/C23H17Cl2N5O3/c1-33-16-10-15(23(32)29-12-6-3-2-4-7-12)17(24)20(18(16)25)30-22(31)14-9-5-8-13-19(14)27-11-28-21(13)26/h2-11H,1H3,(H,29,32)(H,30,31)(H2,26,27,28). The van der Waals surface area contributed by atoms with Crippen molar-refractivity contribution in [3.63, 3.8) is 0 Å². The van der Waals surface area contributed by atoms with Crippen molar-refractivity contribution >= 4 is 63.1 Å². The number of aromatic nitrogens is 2. The number of amides is 2. The number of nitrogens with zero attached hydrogens (tertiary/aromatic N) is 2. The summed E-state index contributed by atoms with van der Waals surface area (Å²) in [6, 6.07) is 15.2. The fourth-order valence-corrected chi connectivity index (χ4v) is 3.83. The van der Waals surface area contributed by atoms with Gasteiger partial charge in [0, 0.05) is 11.1 Å². The summed E-state index contributed by atoms with van der Waals surface area (Å²) in [5.41, 5.74) is 7.16. The van der Waals surface area contributed by atoms with Gasteiger partial charge in [-0.1, -0.05) is 47.5 Å². The summed E-state index contributed by atoms with van der Waals surface area (Å²) in [6.45, 7) is 0. The van der Waals surface area contributed by atoms with Gasteiger partial charge < -0.3 is 21.1 Å². The van der Waals surface area contributed by atoms with Crippen LogP contribution < -0.4 is 21.1 Å². The first-order valence-corrected chi connectivity index (χ1v) is 10.4. The van der Waals surface area contributed by atoms with Gasteiger partial charge in [-0.15, -0.1) is 0 Å². The molecule has 0 spiro atoms. The van der Waals surface area contributed by atoms with Crippen LogP contribution in [0.2, 0.25) is 10.0 Å². The zero-order valence-corrected chi connectivity index (χ0v) is 18.7. The number of methoxy groups -OCH3 is 1. The van der Waals surface area contributed by atoms with Crippen molar-refractivity contribution in [2.24, 2.45) is 0 Å². The molecule has 0 unspecified atom stereocenters. The molecular formula is C23H17Cl2N5O3. The van der Waals surface area contributed by atoms with Gasteiger partial charge in [0.25, 0.3) is 11.8 Å². The highest BCUT2D eigenvalue weighted by atomic mass is 35.5. The number of anilines is 3. The molecule has 0 aliphatic heterocycles. The molecule has 3 aromatic carbocycles. The maximum atomic E-state index is 13.1. The largest absolute Gasteiger partial charge is 0.495 e. The molecule has 2 amide bonds. The number of nitrogen functional groups attached to an aromatic ring is 1. The van der Waals surface area contributed by atoms with Crippen molar-refractivity contribution in [3.8, 4) is 5.75 Å². The summed E-state index contributed by atoms with van der Waals surface area (Å²) in [5, 5.41) is 5.95. The first-order chi connectivity index (χ1) is 15.9. The van der Waals surface area contributed by atoms with Gasteiger partial charge in [0.1, 0.15) is 22.9 Å². The van der Waals surface area contributed by atoms with Gasteiger partial charge in [0.2, 0.25) is 0 Å². The molecule has 166 valence electrons. The number of hydrogen-bond donors (Lipinski definition) is 3. The SMILES string of the molecule is COc1cc(C(=O)Nc2ccccc2)c(Cl)c(NC(=O)c2cccc3c(N)ncnc23)c1Cl. The average molecular weight is 482 g/mol. The summed E-state index contributed by atoms with van der Waals surface area (Å²) in [4.78, 5) is 34.2. The fourth-order valence-electron chi connectivity index (χ4n) is 3.23. The molecule has 0 atom stereocenters. The van der Waals surface area contributed by atoms with Crippen LogP contribution in [0.15, 0.2) is 60.9 Å². The van der Waals surface area contributed by atoms with E-state index >= 15 is 0 Å². The molecule has 4 aromatic rings. The minimum absolute atomic E-state index is 0.0277. The molecular weight excluding hydrogens is 465 g/mol. The monoisotopic (exact) mass is 481 g/mol. The predicted molar refractivity (Wildman–Crippen MR) is 129 cm³/mol. The Balaban J connectivity index is 1.73. The van der Waals surface area contributed by atoms with Crippen LogP contribution in [0.25, 0.3) is 10.9 Å². The van der Waals surface area contributed by atoms with E-state index < -0.39 is 11.8 Å². The lowest BCUT2D eigenvalue weighted by Gasteiger charge is -2.16. The highest BCUT2D eigenvalue weighted by Gasteiger charge is 2.23. The summed E-state index contributed by atoms with van der Waals surface area (Å²) in [6.07, 6.45) is 1.27. The van der Waals surface area contributed by atoms with Crippen LogP contribution in [-0.2, 0) is 0 Å². The molecule has 1 aromatic heterocycles. The first-order valence-electron chi connectivity index (χ1n) is 9.63. The predicted octanol–water partition coefficient (Wildman–Crippen LogP) is 5.03. The maximum absolute atomic E-state index is 13.1. The Morgan fingerprint density at radius 3 is 2.36 bits per heavy atom. The van der Waals surface area contributed by atoms with E-state index in [4.69, 9.17) is 33.7 Å². The molecule has 10 heteroatoms. The van der Waals surface area contributed by atoms with Crippen LogP contribution in [0.3, 0.4) is 0 Å². The third-order valence-corrected chi connectivity index (χ3v) is 5.61. The zero-order valence-electron chi connectivity index (χ0n) is 17.2. The number of para-hydroxylation sites is 2. The second-order valence-electron chi connectivity index (χ2n) is 6.86. The van der Waals surface area contributed by atoms with Gasteiger partial charge >= 0.3 is 0 Å². The second-order valence-corrected chi connectivity index (χ2v) is 7.62. The third kappa shape index (κ3) is 4.39. The van der Waals surface area contributed by atoms with E-state index in [0.717, 1.165) is 0 Å². The van der Waals surface area contributed by atoms with Crippen molar-refractivity contribution in [1.82, 2.24) is 9.97 Å². The van der Waals surface area contributed by atoms with Crippen LogP contribution in [0, 0.1) is 0 Å². The van der Waals surface area contributed by atoms with Crippen molar-refractivity contribution in [1.29, 1.82) is 0 Å². The number of fused-ring (bicyclic) bond motifs is 1. The maximum Gasteiger partial charge on any atom is 0.257 e. The van der Waals surface area contributed by atoms with Crippen LogP contribution >= 0.6 is 23.2 Å². The summed E-state index contributed by atoms with van der Waals surface area (Å²) in [5.74, 6) is -0.640. The van der Waals surface area contributed by atoms with Gasteiger partial charge in [-0.05, 0) is 30.3 Å². The number of carbonyl (C=O) groups excluding carboxylic acids is 2. The quantitative estimate of drug-likeness (QED) is 0.367. The molecule has 0 saturated carbocycles. The van der Waals surface area contributed by atoms with Crippen molar-refractivity contribution in [2.75, 3.05) is 23.5 Å². The van der Waals surface area contributed by atoms with Crippen molar-refractivity contribution < 1.29 is 14.3 Å². The number of benzene rings is 3. The smallest absolute Gasteiger partial charge is 0.257 e. The lowest BCUT2D eigenvalue weighted by atomic mass is 10.1. The number of nitrogens with one attached hydrogen (secondary N) is 2. The van der Waals surface area contributed by atoms with E-state index in [2.05, 4.69) is 20.6 Å². The molecule has 0 fully saturated rings. The molecule has 0 aliphatic carbocycles. The number of carbonyl (C=O) groups is 2. The number of ether oxygens (including phenoxy) is 1. The minimum atomic E-state index is -0.551. The number of rotatable bonds is 5. The Labute approximate surface area is 198 Å². The normalized spacial score (nSPS) is 10.6. The molecule has 0 bridgehead atoms. The fraction of sp³-hybridized carbons (Fsp3) is 0.0435. The average Bonchev–Trinajstić information content (AvgIpc) is 2.82. The Hall–Kier alpha value is -3.88. The van der Waals surface area contributed by atoms with Gasteiger partial charge in [0.05, 0.1) is 34.5 Å². The van der Waals surface area contributed by atoms with Gasteiger partial charge in [-0.25, -0.2) is 9.97 Å². The Morgan fingerprint density at radius 2 is 1.64 bits per heavy atom. The van der Waals surface area contributed by atoms with Crippen LogP contribution in [-0.4, -0.2) is 28.9 Å². The van der Waals surface area contributed by atoms with Gasteiger partial charge in [-0.2, -0.15) is 0 Å². The molecule has 0 saturated heterocycles.